The van der Waals surface area contributed by atoms with Crippen molar-refractivity contribution >= 4 is 11.6 Å². The van der Waals surface area contributed by atoms with Crippen LogP contribution in [0, 0.1) is 0 Å². The van der Waals surface area contributed by atoms with E-state index < -0.39 is 0 Å². The standard InChI is InChI=1S/C19H24N2O/c1-14(19(2,3)16-7-5-4-6-8-16)21-18(22)13-15-9-11-17(20)12-10-15/h4-12,14H,13,20H2,1-3H3,(H,21,22). The van der Waals surface area contributed by atoms with Crippen molar-refractivity contribution in [2.24, 2.45) is 0 Å². The minimum Gasteiger partial charge on any atom is -0.399 e. The molecule has 0 aromatic heterocycles. The summed E-state index contributed by atoms with van der Waals surface area (Å²) in [6.45, 7) is 6.35. The van der Waals surface area contributed by atoms with Crippen molar-refractivity contribution in [1.82, 2.24) is 5.32 Å². The van der Waals surface area contributed by atoms with Gasteiger partial charge < -0.3 is 11.1 Å². The van der Waals surface area contributed by atoms with Crippen molar-refractivity contribution in [3.8, 4) is 0 Å². The van der Waals surface area contributed by atoms with Crippen LogP contribution in [0.15, 0.2) is 54.6 Å². The summed E-state index contributed by atoms with van der Waals surface area (Å²) in [6, 6.07) is 17.7. The fourth-order valence-corrected chi connectivity index (χ4v) is 2.41. The minimum absolute atomic E-state index is 0.0290. The van der Waals surface area contributed by atoms with E-state index in [0.717, 1.165) is 5.56 Å². The van der Waals surface area contributed by atoms with Gasteiger partial charge in [0.1, 0.15) is 0 Å². The molecule has 3 heteroatoms. The maximum absolute atomic E-state index is 12.2. The normalized spacial score (nSPS) is 12.7. The van der Waals surface area contributed by atoms with E-state index >= 15 is 0 Å². The van der Waals surface area contributed by atoms with Gasteiger partial charge in [0.05, 0.1) is 6.42 Å². The lowest BCUT2D eigenvalue weighted by atomic mass is 9.78. The summed E-state index contributed by atoms with van der Waals surface area (Å²) in [5, 5.41) is 3.11. The first-order valence-electron chi connectivity index (χ1n) is 7.59. The van der Waals surface area contributed by atoms with Gasteiger partial charge in [0.2, 0.25) is 5.91 Å². The summed E-state index contributed by atoms with van der Waals surface area (Å²) in [5.41, 5.74) is 8.43. The minimum atomic E-state index is -0.127. The van der Waals surface area contributed by atoms with Gasteiger partial charge in [-0.05, 0) is 30.2 Å². The Bertz CT molecular complexity index is 618. The third-order valence-corrected chi connectivity index (χ3v) is 4.32. The molecule has 0 spiro atoms. The summed E-state index contributed by atoms with van der Waals surface area (Å²) < 4.78 is 0. The molecule has 3 nitrogen and oxygen atoms in total. The summed E-state index contributed by atoms with van der Waals surface area (Å²) in [7, 11) is 0. The number of anilines is 1. The van der Waals surface area contributed by atoms with Crippen molar-refractivity contribution in [1.29, 1.82) is 0 Å². The zero-order valence-corrected chi connectivity index (χ0v) is 13.5. The van der Waals surface area contributed by atoms with Gasteiger partial charge in [-0.1, -0.05) is 56.3 Å². The highest BCUT2D eigenvalue weighted by Gasteiger charge is 2.28. The Hall–Kier alpha value is -2.29. The van der Waals surface area contributed by atoms with Gasteiger partial charge in [-0.2, -0.15) is 0 Å². The number of amides is 1. The Labute approximate surface area is 132 Å². The second-order valence-electron chi connectivity index (χ2n) is 6.30. The van der Waals surface area contributed by atoms with Crippen LogP contribution in [0.2, 0.25) is 0 Å². The van der Waals surface area contributed by atoms with E-state index in [9.17, 15) is 4.79 Å². The molecule has 116 valence electrons. The number of carbonyl (C=O) groups is 1. The van der Waals surface area contributed by atoms with E-state index in [0.29, 0.717) is 12.1 Å². The van der Waals surface area contributed by atoms with Gasteiger partial charge in [0.15, 0.2) is 0 Å². The average molecular weight is 296 g/mol. The molecule has 0 aliphatic carbocycles. The molecule has 2 rings (SSSR count). The van der Waals surface area contributed by atoms with E-state index in [1.54, 1.807) is 0 Å². The molecular weight excluding hydrogens is 272 g/mol. The van der Waals surface area contributed by atoms with Crippen LogP contribution < -0.4 is 11.1 Å². The largest absolute Gasteiger partial charge is 0.399 e. The van der Waals surface area contributed by atoms with Gasteiger partial charge in [-0.25, -0.2) is 0 Å². The van der Waals surface area contributed by atoms with Gasteiger partial charge in [0, 0.05) is 17.1 Å². The number of nitrogen functional groups attached to an aromatic ring is 1. The Kier molecular flexibility index (Phi) is 4.86. The van der Waals surface area contributed by atoms with E-state index in [1.807, 2.05) is 49.4 Å². The highest BCUT2D eigenvalue weighted by Crippen LogP contribution is 2.26. The first-order chi connectivity index (χ1) is 10.4. The smallest absolute Gasteiger partial charge is 0.224 e. The molecule has 22 heavy (non-hydrogen) atoms. The number of nitrogens with one attached hydrogen (secondary N) is 1. The molecule has 3 N–H and O–H groups in total. The average Bonchev–Trinajstić information content (AvgIpc) is 2.50. The maximum atomic E-state index is 12.2. The number of hydrogen-bond acceptors (Lipinski definition) is 2. The fourth-order valence-electron chi connectivity index (χ4n) is 2.41. The van der Waals surface area contributed by atoms with E-state index in [4.69, 9.17) is 5.73 Å². The predicted molar refractivity (Wildman–Crippen MR) is 91.6 cm³/mol. The van der Waals surface area contributed by atoms with E-state index in [-0.39, 0.29) is 17.4 Å². The molecular formula is C19H24N2O. The molecule has 0 saturated carbocycles. The highest BCUT2D eigenvalue weighted by atomic mass is 16.1. The number of benzene rings is 2. The van der Waals surface area contributed by atoms with Crippen LogP contribution in [0.3, 0.4) is 0 Å². The van der Waals surface area contributed by atoms with Crippen molar-refractivity contribution in [3.05, 3.63) is 65.7 Å². The molecule has 0 fully saturated rings. The van der Waals surface area contributed by atoms with E-state index in [2.05, 4.69) is 31.3 Å². The summed E-state index contributed by atoms with van der Waals surface area (Å²) in [6.07, 6.45) is 0.371. The molecule has 1 amide bonds. The Balaban J connectivity index is 2.00. The summed E-state index contributed by atoms with van der Waals surface area (Å²) in [5.74, 6) is 0.0290. The molecule has 0 aliphatic heterocycles. The highest BCUT2D eigenvalue weighted by molar-refractivity contribution is 5.79. The monoisotopic (exact) mass is 296 g/mol. The van der Waals surface area contributed by atoms with Crippen LogP contribution in [0.25, 0.3) is 0 Å². The summed E-state index contributed by atoms with van der Waals surface area (Å²) >= 11 is 0. The molecule has 0 heterocycles. The van der Waals surface area contributed by atoms with Crippen LogP contribution in [0.1, 0.15) is 31.9 Å². The molecule has 0 radical (unpaired) electrons. The first-order valence-corrected chi connectivity index (χ1v) is 7.59. The van der Waals surface area contributed by atoms with Gasteiger partial charge in [-0.3, -0.25) is 4.79 Å². The van der Waals surface area contributed by atoms with Crippen LogP contribution in [0.5, 0.6) is 0 Å². The van der Waals surface area contributed by atoms with Crippen molar-refractivity contribution < 1.29 is 4.79 Å². The van der Waals surface area contributed by atoms with Crippen molar-refractivity contribution in [2.75, 3.05) is 5.73 Å². The SMILES string of the molecule is CC(NC(=O)Cc1ccc(N)cc1)C(C)(C)c1ccccc1. The zero-order valence-electron chi connectivity index (χ0n) is 13.5. The Morgan fingerprint density at radius 2 is 1.68 bits per heavy atom. The van der Waals surface area contributed by atoms with Crippen LogP contribution >= 0.6 is 0 Å². The second-order valence-corrected chi connectivity index (χ2v) is 6.30. The zero-order chi connectivity index (χ0) is 16.2. The van der Waals surface area contributed by atoms with Crippen LogP contribution in [-0.2, 0) is 16.6 Å². The lowest BCUT2D eigenvalue weighted by Crippen LogP contribution is -2.45. The molecule has 2 aromatic carbocycles. The topological polar surface area (TPSA) is 55.1 Å². The van der Waals surface area contributed by atoms with Crippen LogP contribution in [-0.4, -0.2) is 11.9 Å². The quantitative estimate of drug-likeness (QED) is 0.832. The molecule has 0 saturated heterocycles. The van der Waals surface area contributed by atoms with Crippen molar-refractivity contribution in [2.45, 2.75) is 38.6 Å². The Morgan fingerprint density at radius 3 is 2.27 bits per heavy atom. The number of carbonyl (C=O) groups excluding carboxylic acids is 1. The lowest BCUT2D eigenvalue weighted by molar-refractivity contribution is -0.121. The number of nitrogens with two attached hydrogens (primary N) is 1. The number of hydrogen-bond donors (Lipinski definition) is 2. The van der Waals surface area contributed by atoms with E-state index in [1.165, 1.54) is 5.56 Å². The maximum Gasteiger partial charge on any atom is 0.224 e. The molecule has 2 aromatic rings. The van der Waals surface area contributed by atoms with Crippen molar-refractivity contribution in [3.63, 3.8) is 0 Å². The molecule has 0 bridgehead atoms. The second kappa shape index (κ2) is 6.65. The Morgan fingerprint density at radius 1 is 1.09 bits per heavy atom. The lowest BCUT2D eigenvalue weighted by Gasteiger charge is -2.33. The molecule has 0 aliphatic rings. The molecule has 1 atom stereocenters. The predicted octanol–water partition coefficient (Wildman–Crippen LogP) is 3.29. The third kappa shape index (κ3) is 3.88. The van der Waals surface area contributed by atoms with Gasteiger partial charge in [0.25, 0.3) is 0 Å². The van der Waals surface area contributed by atoms with Gasteiger partial charge in [-0.15, -0.1) is 0 Å². The van der Waals surface area contributed by atoms with Crippen LogP contribution in [0.4, 0.5) is 5.69 Å². The fraction of sp³-hybridized carbons (Fsp3) is 0.316. The molecule has 1 unspecified atom stereocenters. The van der Waals surface area contributed by atoms with Gasteiger partial charge >= 0.3 is 0 Å². The number of rotatable bonds is 5. The third-order valence-electron chi connectivity index (χ3n) is 4.32. The summed E-state index contributed by atoms with van der Waals surface area (Å²) in [4.78, 5) is 12.2. The first kappa shape index (κ1) is 16.1.